The van der Waals surface area contributed by atoms with Gasteiger partial charge in [-0.05, 0) is 48.7 Å². The summed E-state index contributed by atoms with van der Waals surface area (Å²) in [5, 5.41) is 0. The minimum atomic E-state index is 0.505. The second-order valence-electron chi connectivity index (χ2n) is 4.14. The van der Waals surface area contributed by atoms with Crippen LogP contribution in [0.15, 0.2) is 51.8 Å². The van der Waals surface area contributed by atoms with E-state index in [-0.39, 0.29) is 0 Å². The van der Waals surface area contributed by atoms with Crippen molar-refractivity contribution in [2.24, 2.45) is 0 Å². The Balaban J connectivity index is 2.20. The molecule has 3 nitrogen and oxygen atoms in total. The van der Waals surface area contributed by atoms with E-state index in [1.165, 1.54) is 4.90 Å². The van der Waals surface area contributed by atoms with Crippen LogP contribution in [0.25, 0.3) is 16.7 Å². The fraction of sp³-hybridized carbons (Fsp3) is 0.0714. The van der Waals surface area contributed by atoms with Gasteiger partial charge in [0.25, 0.3) is 0 Å². The van der Waals surface area contributed by atoms with Crippen LogP contribution in [-0.2, 0) is 0 Å². The maximum Gasteiger partial charge on any atom is 0.205 e. The van der Waals surface area contributed by atoms with Crippen molar-refractivity contribution in [2.75, 3.05) is 12.0 Å². The maximum atomic E-state index is 6.04. The van der Waals surface area contributed by atoms with Crippen LogP contribution in [-0.4, -0.2) is 15.8 Å². The number of aromatic nitrogens is 2. The summed E-state index contributed by atoms with van der Waals surface area (Å²) in [6, 6.07) is 14.3. The summed E-state index contributed by atoms with van der Waals surface area (Å²) < 4.78 is 2.97. The zero-order chi connectivity index (χ0) is 13.4. The molecular weight excluding hydrogens is 322 g/mol. The summed E-state index contributed by atoms with van der Waals surface area (Å²) in [5.41, 5.74) is 8.97. The van der Waals surface area contributed by atoms with E-state index in [4.69, 9.17) is 5.73 Å². The van der Waals surface area contributed by atoms with Gasteiger partial charge in [-0.15, -0.1) is 11.8 Å². The standard InChI is InChI=1S/C14H12BrN3S/c1-19-11-5-3-10(4-6-11)18-13-7-2-9(15)8-12(13)17-14(18)16/h2-8H,1H3,(H2,16,17). The number of nitrogens with zero attached hydrogens (tertiary/aromatic N) is 2. The van der Waals surface area contributed by atoms with Crippen LogP contribution in [0.4, 0.5) is 5.95 Å². The molecule has 19 heavy (non-hydrogen) atoms. The van der Waals surface area contributed by atoms with Crippen LogP contribution in [0.1, 0.15) is 0 Å². The van der Waals surface area contributed by atoms with Crippen molar-refractivity contribution < 1.29 is 0 Å². The molecule has 0 amide bonds. The average Bonchev–Trinajstić information content (AvgIpc) is 2.74. The van der Waals surface area contributed by atoms with Crippen LogP contribution < -0.4 is 5.73 Å². The van der Waals surface area contributed by atoms with Gasteiger partial charge in [-0.1, -0.05) is 15.9 Å². The van der Waals surface area contributed by atoms with Gasteiger partial charge in [0.1, 0.15) is 0 Å². The molecule has 5 heteroatoms. The first kappa shape index (κ1) is 12.6. The molecule has 0 saturated heterocycles. The maximum absolute atomic E-state index is 6.04. The van der Waals surface area contributed by atoms with Gasteiger partial charge in [-0.3, -0.25) is 4.57 Å². The molecule has 1 aromatic heterocycles. The van der Waals surface area contributed by atoms with Crippen LogP contribution in [0.5, 0.6) is 0 Å². The molecule has 0 atom stereocenters. The Morgan fingerprint density at radius 3 is 2.58 bits per heavy atom. The topological polar surface area (TPSA) is 43.8 Å². The molecule has 0 fully saturated rings. The quantitative estimate of drug-likeness (QED) is 0.718. The number of hydrogen-bond acceptors (Lipinski definition) is 3. The van der Waals surface area contributed by atoms with Crippen LogP contribution in [0, 0.1) is 0 Å². The molecule has 96 valence electrons. The number of benzene rings is 2. The number of rotatable bonds is 2. The number of imidazole rings is 1. The average molecular weight is 334 g/mol. The van der Waals surface area contributed by atoms with Crippen molar-refractivity contribution >= 4 is 44.7 Å². The molecule has 0 spiro atoms. The van der Waals surface area contributed by atoms with Gasteiger partial charge in [0.15, 0.2) is 0 Å². The lowest BCUT2D eigenvalue weighted by atomic mass is 10.3. The number of fused-ring (bicyclic) bond motifs is 1. The fourth-order valence-corrected chi connectivity index (χ4v) is 2.83. The second kappa shape index (κ2) is 4.90. The van der Waals surface area contributed by atoms with Crippen molar-refractivity contribution in [1.82, 2.24) is 9.55 Å². The van der Waals surface area contributed by atoms with E-state index in [2.05, 4.69) is 51.4 Å². The Bertz CT molecular complexity index is 734. The SMILES string of the molecule is CSc1ccc(-n2c(N)nc3cc(Br)ccc32)cc1. The van der Waals surface area contributed by atoms with Crippen LogP contribution in [0.2, 0.25) is 0 Å². The molecule has 1 heterocycles. The third-order valence-electron chi connectivity index (χ3n) is 2.97. The molecule has 2 N–H and O–H groups in total. The summed E-state index contributed by atoms with van der Waals surface area (Å²) in [6.07, 6.45) is 2.06. The highest BCUT2D eigenvalue weighted by molar-refractivity contribution is 9.10. The molecule has 3 aromatic rings. The van der Waals surface area contributed by atoms with E-state index < -0.39 is 0 Å². The molecule has 0 saturated carbocycles. The summed E-state index contributed by atoms with van der Waals surface area (Å²) >= 11 is 5.17. The Morgan fingerprint density at radius 2 is 1.89 bits per heavy atom. The molecular formula is C14H12BrN3S. The monoisotopic (exact) mass is 333 g/mol. The summed E-state index contributed by atoms with van der Waals surface area (Å²) in [5.74, 6) is 0.505. The molecule has 3 rings (SSSR count). The lowest BCUT2D eigenvalue weighted by molar-refractivity contribution is 1.10. The lowest BCUT2D eigenvalue weighted by Crippen LogP contribution is -2.00. The van der Waals surface area contributed by atoms with Gasteiger partial charge in [0, 0.05) is 15.1 Å². The van der Waals surface area contributed by atoms with Gasteiger partial charge in [0.2, 0.25) is 5.95 Å². The Labute approximate surface area is 124 Å². The minimum Gasteiger partial charge on any atom is -0.369 e. The predicted molar refractivity (Wildman–Crippen MR) is 85.0 cm³/mol. The van der Waals surface area contributed by atoms with Gasteiger partial charge >= 0.3 is 0 Å². The molecule has 0 bridgehead atoms. The molecule has 0 radical (unpaired) electrons. The molecule has 2 aromatic carbocycles. The van der Waals surface area contributed by atoms with Crippen molar-refractivity contribution in [3.8, 4) is 5.69 Å². The first-order valence-corrected chi connectivity index (χ1v) is 7.79. The molecule has 0 unspecified atom stereocenters. The first-order valence-electron chi connectivity index (χ1n) is 5.77. The number of nitrogen functional groups attached to an aromatic ring is 1. The highest BCUT2D eigenvalue weighted by atomic mass is 79.9. The second-order valence-corrected chi connectivity index (χ2v) is 5.93. The highest BCUT2D eigenvalue weighted by Gasteiger charge is 2.10. The van der Waals surface area contributed by atoms with Gasteiger partial charge in [0.05, 0.1) is 11.0 Å². The van der Waals surface area contributed by atoms with Gasteiger partial charge in [-0.25, -0.2) is 4.98 Å². The number of nitrogens with two attached hydrogens (primary N) is 1. The third kappa shape index (κ3) is 2.24. The van der Waals surface area contributed by atoms with Crippen molar-refractivity contribution in [1.29, 1.82) is 0 Å². The van der Waals surface area contributed by atoms with Gasteiger partial charge < -0.3 is 5.73 Å². The van der Waals surface area contributed by atoms with Crippen molar-refractivity contribution in [3.63, 3.8) is 0 Å². The fourth-order valence-electron chi connectivity index (χ4n) is 2.07. The van der Waals surface area contributed by atoms with E-state index in [1.54, 1.807) is 11.8 Å². The Morgan fingerprint density at radius 1 is 1.16 bits per heavy atom. The highest BCUT2D eigenvalue weighted by Crippen LogP contribution is 2.26. The summed E-state index contributed by atoms with van der Waals surface area (Å²) in [4.78, 5) is 5.63. The molecule has 0 aliphatic carbocycles. The van der Waals surface area contributed by atoms with E-state index in [0.717, 1.165) is 21.2 Å². The first-order chi connectivity index (χ1) is 9.19. The lowest BCUT2D eigenvalue weighted by Gasteiger charge is -2.07. The smallest absolute Gasteiger partial charge is 0.205 e. The zero-order valence-corrected chi connectivity index (χ0v) is 12.7. The van der Waals surface area contributed by atoms with Crippen LogP contribution >= 0.6 is 27.7 Å². The minimum absolute atomic E-state index is 0.505. The predicted octanol–water partition coefficient (Wildman–Crippen LogP) is 4.09. The third-order valence-corrected chi connectivity index (χ3v) is 4.21. The number of hydrogen-bond donors (Lipinski definition) is 1. The normalized spacial score (nSPS) is 11.1. The van der Waals surface area contributed by atoms with Crippen molar-refractivity contribution in [3.05, 3.63) is 46.9 Å². The Hall–Kier alpha value is -1.46. The summed E-state index contributed by atoms with van der Waals surface area (Å²) in [7, 11) is 0. The van der Waals surface area contributed by atoms with E-state index in [1.807, 2.05) is 22.8 Å². The van der Waals surface area contributed by atoms with Crippen molar-refractivity contribution in [2.45, 2.75) is 4.90 Å². The number of thioether (sulfide) groups is 1. The zero-order valence-electron chi connectivity index (χ0n) is 10.3. The van der Waals surface area contributed by atoms with E-state index in [0.29, 0.717) is 5.95 Å². The Kier molecular flexibility index (Phi) is 3.24. The number of anilines is 1. The van der Waals surface area contributed by atoms with E-state index >= 15 is 0 Å². The summed E-state index contributed by atoms with van der Waals surface area (Å²) in [6.45, 7) is 0. The largest absolute Gasteiger partial charge is 0.369 e. The molecule has 0 aliphatic rings. The number of halogens is 1. The van der Waals surface area contributed by atoms with E-state index in [9.17, 15) is 0 Å². The van der Waals surface area contributed by atoms with Gasteiger partial charge in [-0.2, -0.15) is 0 Å². The van der Waals surface area contributed by atoms with Crippen LogP contribution in [0.3, 0.4) is 0 Å². The molecule has 0 aliphatic heterocycles.